The molecule has 3 rings (SSSR count). The van der Waals surface area contributed by atoms with Crippen molar-refractivity contribution in [3.05, 3.63) is 72.0 Å². The molecule has 0 unspecified atom stereocenters. The van der Waals surface area contributed by atoms with Crippen LogP contribution in [0.2, 0.25) is 0 Å². The van der Waals surface area contributed by atoms with Gasteiger partial charge in [-0.2, -0.15) is 0 Å². The van der Waals surface area contributed by atoms with E-state index < -0.39 is 0 Å². The summed E-state index contributed by atoms with van der Waals surface area (Å²) in [6.45, 7) is 0.181. The van der Waals surface area contributed by atoms with Crippen molar-refractivity contribution in [2.75, 3.05) is 5.73 Å². The maximum absolute atomic E-state index is 13.7. The van der Waals surface area contributed by atoms with E-state index in [4.69, 9.17) is 10.5 Å². The first kappa shape index (κ1) is 12.5. The van der Waals surface area contributed by atoms with Crippen molar-refractivity contribution < 1.29 is 9.13 Å². The zero-order chi connectivity index (χ0) is 13.9. The van der Waals surface area contributed by atoms with Crippen LogP contribution in [-0.4, -0.2) is 0 Å². The molecule has 100 valence electrons. The minimum absolute atomic E-state index is 0.181. The number of anilines is 1. The van der Waals surface area contributed by atoms with Crippen molar-refractivity contribution in [1.82, 2.24) is 0 Å². The van der Waals surface area contributed by atoms with Crippen LogP contribution in [0.3, 0.4) is 0 Å². The Balaban J connectivity index is 1.87. The maximum atomic E-state index is 13.7. The Labute approximate surface area is 116 Å². The van der Waals surface area contributed by atoms with Crippen LogP contribution in [0.25, 0.3) is 10.8 Å². The van der Waals surface area contributed by atoms with Gasteiger partial charge in [-0.15, -0.1) is 0 Å². The number of rotatable bonds is 3. The summed E-state index contributed by atoms with van der Waals surface area (Å²) in [7, 11) is 0. The molecule has 0 spiro atoms. The monoisotopic (exact) mass is 267 g/mol. The molecule has 0 bridgehead atoms. The molecule has 0 fully saturated rings. The molecule has 0 heterocycles. The first-order valence-corrected chi connectivity index (χ1v) is 6.38. The third-order valence-electron chi connectivity index (χ3n) is 3.21. The van der Waals surface area contributed by atoms with Gasteiger partial charge in [0.1, 0.15) is 18.2 Å². The lowest BCUT2D eigenvalue weighted by Gasteiger charge is -2.10. The van der Waals surface area contributed by atoms with E-state index >= 15 is 0 Å². The van der Waals surface area contributed by atoms with Crippen LogP contribution in [0, 0.1) is 5.82 Å². The second-order valence-corrected chi connectivity index (χ2v) is 4.62. The summed E-state index contributed by atoms with van der Waals surface area (Å²) < 4.78 is 19.5. The fourth-order valence-corrected chi connectivity index (χ4v) is 2.16. The van der Waals surface area contributed by atoms with Gasteiger partial charge in [-0.3, -0.25) is 0 Å². The van der Waals surface area contributed by atoms with E-state index in [0.29, 0.717) is 11.3 Å². The molecular formula is C17H14FNO. The van der Waals surface area contributed by atoms with Crippen molar-refractivity contribution in [3.63, 3.8) is 0 Å². The van der Waals surface area contributed by atoms with Crippen LogP contribution in [0.15, 0.2) is 60.7 Å². The average molecular weight is 267 g/mol. The van der Waals surface area contributed by atoms with Gasteiger partial charge in [0.05, 0.1) is 0 Å². The first-order chi connectivity index (χ1) is 9.74. The van der Waals surface area contributed by atoms with Gasteiger partial charge in [-0.1, -0.05) is 42.5 Å². The summed E-state index contributed by atoms with van der Waals surface area (Å²) in [4.78, 5) is 0. The minimum atomic E-state index is -0.342. The molecule has 0 saturated carbocycles. The van der Waals surface area contributed by atoms with E-state index in [1.54, 1.807) is 12.1 Å². The van der Waals surface area contributed by atoms with Gasteiger partial charge in [0, 0.05) is 16.6 Å². The van der Waals surface area contributed by atoms with Gasteiger partial charge < -0.3 is 10.5 Å². The summed E-state index contributed by atoms with van der Waals surface area (Å²) in [5.74, 6) is 0.407. The lowest BCUT2D eigenvalue weighted by molar-refractivity contribution is 0.303. The highest BCUT2D eigenvalue weighted by atomic mass is 19.1. The standard InChI is InChI=1S/C17H14FNO/c18-16-10-14(19)9-8-13(16)11-20-17-7-3-5-12-4-1-2-6-15(12)17/h1-10H,11,19H2. The smallest absolute Gasteiger partial charge is 0.131 e. The van der Waals surface area contributed by atoms with Crippen LogP contribution in [0.5, 0.6) is 5.75 Å². The largest absolute Gasteiger partial charge is 0.488 e. The SMILES string of the molecule is Nc1ccc(COc2cccc3ccccc23)c(F)c1. The third-order valence-corrected chi connectivity index (χ3v) is 3.21. The number of nitrogen functional groups attached to an aromatic ring is 1. The van der Waals surface area contributed by atoms with Crippen molar-refractivity contribution in [3.8, 4) is 5.75 Å². The molecule has 0 aliphatic rings. The van der Waals surface area contributed by atoms with Crippen LogP contribution in [0.4, 0.5) is 10.1 Å². The number of nitrogens with two attached hydrogens (primary N) is 1. The first-order valence-electron chi connectivity index (χ1n) is 6.38. The average Bonchev–Trinajstić information content (AvgIpc) is 2.46. The molecule has 3 heteroatoms. The Bertz CT molecular complexity index is 750. The predicted octanol–water partition coefficient (Wildman–Crippen LogP) is 4.14. The van der Waals surface area contributed by atoms with E-state index in [9.17, 15) is 4.39 Å². The second kappa shape index (κ2) is 5.21. The zero-order valence-electron chi connectivity index (χ0n) is 10.8. The topological polar surface area (TPSA) is 35.2 Å². The van der Waals surface area contributed by atoms with Crippen molar-refractivity contribution in [1.29, 1.82) is 0 Å². The summed E-state index contributed by atoms with van der Waals surface area (Å²) in [5, 5.41) is 2.12. The molecule has 0 aromatic heterocycles. The van der Waals surface area contributed by atoms with E-state index in [-0.39, 0.29) is 12.4 Å². The highest BCUT2D eigenvalue weighted by Crippen LogP contribution is 2.26. The van der Waals surface area contributed by atoms with Crippen molar-refractivity contribution in [2.24, 2.45) is 0 Å². The Morgan fingerprint density at radius 1 is 0.950 bits per heavy atom. The fraction of sp³-hybridized carbons (Fsp3) is 0.0588. The van der Waals surface area contributed by atoms with Gasteiger partial charge in [-0.25, -0.2) is 4.39 Å². The highest BCUT2D eigenvalue weighted by Gasteiger charge is 2.05. The molecule has 0 atom stereocenters. The summed E-state index contributed by atoms with van der Waals surface area (Å²) in [6, 6.07) is 18.4. The third kappa shape index (κ3) is 2.43. The predicted molar refractivity (Wildman–Crippen MR) is 79.1 cm³/mol. The van der Waals surface area contributed by atoms with Gasteiger partial charge in [0.15, 0.2) is 0 Å². The lowest BCUT2D eigenvalue weighted by atomic mass is 10.1. The number of ether oxygens (including phenoxy) is 1. The Morgan fingerprint density at radius 2 is 1.75 bits per heavy atom. The number of fused-ring (bicyclic) bond motifs is 1. The van der Waals surface area contributed by atoms with Crippen LogP contribution in [-0.2, 0) is 6.61 Å². The Kier molecular flexibility index (Phi) is 3.25. The summed E-state index contributed by atoms with van der Waals surface area (Å²) >= 11 is 0. The second-order valence-electron chi connectivity index (χ2n) is 4.62. The molecule has 20 heavy (non-hydrogen) atoms. The molecule has 2 N–H and O–H groups in total. The normalized spacial score (nSPS) is 10.7. The van der Waals surface area contributed by atoms with Crippen LogP contribution >= 0.6 is 0 Å². The minimum Gasteiger partial charge on any atom is -0.488 e. The molecule has 0 aliphatic carbocycles. The number of halogens is 1. The highest BCUT2D eigenvalue weighted by molar-refractivity contribution is 5.88. The van der Waals surface area contributed by atoms with E-state index in [2.05, 4.69) is 0 Å². The van der Waals surface area contributed by atoms with Crippen molar-refractivity contribution in [2.45, 2.75) is 6.61 Å². The van der Waals surface area contributed by atoms with E-state index in [1.807, 2.05) is 42.5 Å². The van der Waals surface area contributed by atoms with E-state index in [1.165, 1.54) is 6.07 Å². The van der Waals surface area contributed by atoms with Gasteiger partial charge in [0.2, 0.25) is 0 Å². The number of benzene rings is 3. The molecule has 0 radical (unpaired) electrons. The molecule has 0 saturated heterocycles. The molecule has 3 aromatic rings. The van der Waals surface area contributed by atoms with Crippen LogP contribution < -0.4 is 10.5 Å². The number of hydrogen-bond acceptors (Lipinski definition) is 2. The van der Waals surface area contributed by atoms with Crippen molar-refractivity contribution >= 4 is 16.5 Å². The quantitative estimate of drug-likeness (QED) is 0.724. The van der Waals surface area contributed by atoms with Gasteiger partial charge in [0.25, 0.3) is 0 Å². The van der Waals surface area contributed by atoms with Gasteiger partial charge >= 0.3 is 0 Å². The summed E-state index contributed by atoms with van der Waals surface area (Å²) in [5.41, 5.74) is 6.43. The van der Waals surface area contributed by atoms with E-state index in [0.717, 1.165) is 16.5 Å². The lowest BCUT2D eigenvalue weighted by Crippen LogP contribution is -2.00. The number of hydrogen-bond donors (Lipinski definition) is 1. The Hall–Kier alpha value is -2.55. The molecule has 3 aromatic carbocycles. The van der Waals surface area contributed by atoms with Crippen LogP contribution in [0.1, 0.15) is 5.56 Å². The maximum Gasteiger partial charge on any atom is 0.131 e. The molecule has 0 amide bonds. The summed E-state index contributed by atoms with van der Waals surface area (Å²) in [6.07, 6.45) is 0. The van der Waals surface area contributed by atoms with Gasteiger partial charge in [-0.05, 0) is 23.6 Å². The Morgan fingerprint density at radius 3 is 2.60 bits per heavy atom. The molecule has 2 nitrogen and oxygen atoms in total. The molecule has 0 aliphatic heterocycles. The zero-order valence-corrected chi connectivity index (χ0v) is 10.8. The fourth-order valence-electron chi connectivity index (χ4n) is 2.16. The molecular weight excluding hydrogens is 253 g/mol.